The van der Waals surface area contributed by atoms with E-state index in [1.54, 1.807) is 0 Å². The molecule has 2 N–H and O–H groups in total. The van der Waals surface area contributed by atoms with Crippen molar-refractivity contribution >= 4 is 23.5 Å². The molecule has 2 atom stereocenters. The molecule has 9 heteroatoms. The maximum atomic E-state index is 13.4. The van der Waals surface area contributed by atoms with Crippen LogP contribution in [0.5, 0.6) is 0 Å². The number of nitrogens with two attached hydrogens (primary N) is 1. The molecule has 1 aromatic rings. The molecule has 0 amide bonds. The average molecular weight is 317 g/mol. The highest BCUT2D eigenvalue weighted by molar-refractivity contribution is 8.00. The Labute approximate surface area is 124 Å². The Hall–Kier alpha value is -1.61. The number of aromatic nitrogens is 2. The van der Waals surface area contributed by atoms with Gasteiger partial charge >= 0.3 is 11.7 Å². The summed E-state index contributed by atoms with van der Waals surface area (Å²) in [5, 5.41) is 0. The Morgan fingerprint density at radius 3 is 3.19 bits per heavy atom. The van der Waals surface area contributed by atoms with Crippen molar-refractivity contribution < 1.29 is 18.7 Å². The van der Waals surface area contributed by atoms with Crippen LogP contribution in [-0.4, -0.2) is 33.3 Å². The van der Waals surface area contributed by atoms with Gasteiger partial charge in [-0.3, -0.25) is 9.36 Å². The first-order valence-electron chi connectivity index (χ1n) is 6.48. The van der Waals surface area contributed by atoms with Crippen molar-refractivity contribution in [3.63, 3.8) is 0 Å². The molecular formula is C12H16FN3O4S. The lowest BCUT2D eigenvalue weighted by molar-refractivity contribution is -0.146. The van der Waals surface area contributed by atoms with Crippen molar-refractivity contribution in [3.8, 4) is 0 Å². The molecule has 0 bridgehead atoms. The number of carbonyl (C=O) groups excluding carboxylic acids is 1. The van der Waals surface area contributed by atoms with Crippen LogP contribution in [0.4, 0.5) is 10.2 Å². The number of halogens is 1. The van der Waals surface area contributed by atoms with Gasteiger partial charge < -0.3 is 15.2 Å². The van der Waals surface area contributed by atoms with E-state index in [2.05, 4.69) is 4.98 Å². The quantitative estimate of drug-likeness (QED) is 0.806. The lowest BCUT2D eigenvalue weighted by atomic mass is 10.3. The second-order valence-electron chi connectivity index (χ2n) is 4.45. The number of hydrogen-bond donors (Lipinski definition) is 1. The highest BCUT2D eigenvalue weighted by Gasteiger charge is 2.29. The van der Waals surface area contributed by atoms with Crippen molar-refractivity contribution in [3.05, 3.63) is 22.5 Å². The number of nitrogen functional groups attached to an aromatic ring is 1. The van der Waals surface area contributed by atoms with Gasteiger partial charge in [0.2, 0.25) is 0 Å². The summed E-state index contributed by atoms with van der Waals surface area (Å²) in [6.07, 6.45) is 1.39. The molecule has 2 rings (SSSR count). The third-order valence-electron chi connectivity index (χ3n) is 2.81. The van der Waals surface area contributed by atoms with Crippen LogP contribution in [0.2, 0.25) is 0 Å². The molecular weight excluding hydrogens is 301 g/mol. The van der Waals surface area contributed by atoms with E-state index in [-0.39, 0.29) is 18.0 Å². The zero-order valence-corrected chi connectivity index (χ0v) is 12.3. The summed E-state index contributed by atoms with van der Waals surface area (Å²) in [5.41, 5.74) is 4.16. The van der Waals surface area contributed by atoms with Gasteiger partial charge in [0.05, 0.1) is 6.20 Å². The Balaban J connectivity index is 1.95. The van der Waals surface area contributed by atoms with Crippen molar-refractivity contribution in [1.29, 1.82) is 0 Å². The van der Waals surface area contributed by atoms with Gasteiger partial charge in [-0.25, -0.2) is 9.18 Å². The summed E-state index contributed by atoms with van der Waals surface area (Å²) >= 11 is 1.38. The van der Waals surface area contributed by atoms with Gasteiger partial charge in [0.1, 0.15) is 18.3 Å². The standard InChI is InChI=1S/C12H16FN3O4S/c1-2-3-9(17)19-5-10-20-8(6-21-10)16-4-7(13)11(14)15-12(16)18/h4,8,10H,2-3,5-6H2,1H3,(H2,14,15,18)/t8-,10+/m1/s1. The van der Waals surface area contributed by atoms with Crippen LogP contribution in [0.15, 0.2) is 11.0 Å². The maximum Gasteiger partial charge on any atom is 0.351 e. The topological polar surface area (TPSA) is 96.4 Å². The fourth-order valence-corrected chi connectivity index (χ4v) is 2.77. The van der Waals surface area contributed by atoms with Crippen molar-refractivity contribution in [2.24, 2.45) is 0 Å². The molecule has 0 saturated carbocycles. The number of ether oxygens (including phenoxy) is 2. The summed E-state index contributed by atoms with van der Waals surface area (Å²) in [5.74, 6) is -1.07. The van der Waals surface area contributed by atoms with Gasteiger partial charge in [0, 0.05) is 12.2 Å². The molecule has 1 saturated heterocycles. The highest BCUT2D eigenvalue weighted by Crippen LogP contribution is 2.31. The molecule has 0 radical (unpaired) electrons. The first-order valence-corrected chi connectivity index (χ1v) is 7.53. The number of rotatable bonds is 5. The molecule has 1 aliphatic heterocycles. The Kier molecular flexibility index (Phi) is 5.18. The molecule has 0 aromatic carbocycles. The molecule has 0 spiro atoms. The van der Waals surface area contributed by atoms with E-state index in [1.165, 1.54) is 11.8 Å². The van der Waals surface area contributed by atoms with Crippen LogP contribution >= 0.6 is 11.8 Å². The Bertz CT molecular complexity index is 580. The van der Waals surface area contributed by atoms with Gasteiger partial charge in [-0.2, -0.15) is 4.98 Å². The van der Waals surface area contributed by atoms with Crippen LogP contribution in [0.3, 0.4) is 0 Å². The second kappa shape index (κ2) is 6.90. The Morgan fingerprint density at radius 2 is 2.48 bits per heavy atom. The van der Waals surface area contributed by atoms with Gasteiger partial charge in [-0.05, 0) is 6.42 Å². The lowest BCUT2D eigenvalue weighted by Gasteiger charge is -2.15. The van der Waals surface area contributed by atoms with E-state index < -0.39 is 23.6 Å². The predicted molar refractivity (Wildman–Crippen MR) is 75.1 cm³/mol. The molecule has 1 aromatic heterocycles. The number of thioether (sulfide) groups is 1. The minimum atomic E-state index is -0.777. The Morgan fingerprint density at radius 1 is 1.71 bits per heavy atom. The molecule has 7 nitrogen and oxygen atoms in total. The van der Waals surface area contributed by atoms with E-state index in [9.17, 15) is 14.0 Å². The minimum absolute atomic E-state index is 0.0969. The van der Waals surface area contributed by atoms with Crippen molar-refractivity contribution in [2.75, 3.05) is 18.1 Å². The molecule has 1 aliphatic rings. The van der Waals surface area contributed by atoms with Crippen LogP contribution in [0.1, 0.15) is 26.0 Å². The zero-order chi connectivity index (χ0) is 15.4. The van der Waals surface area contributed by atoms with E-state index in [0.29, 0.717) is 18.6 Å². The van der Waals surface area contributed by atoms with Crippen LogP contribution in [0.25, 0.3) is 0 Å². The van der Waals surface area contributed by atoms with Gasteiger partial charge in [-0.1, -0.05) is 6.92 Å². The third kappa shape index (κ3) is 3.94. The lowest BCUT2D eigenvalue weighted by Crippen LogP contribution is -2.30. The van der Waals surface area contributed by atoms with E-state index >= 15 is 0 Å². The monoisotopic (exact) mass is 317 g/mol. The van der Waals surface area contributed by atoms with E-state index in [4.69, 9.17) is 15.2 Å². The summed E-state index contributed by atoms with van der Waals surface area (Å²) in [6, 6.07) is 0. The number of carbonyl (C=O) groups is 1. The predicted octanol–water partition coefficient (Wildman–Crippen LogP) is 0.896. The number of nitrogens with zero attached hydrogens (tertiary/aromatic N) is 2. The van der Waals surface area contributed by atoms with E-state index in [0.717, 1.165) is 10.8 Å². The number of esters is 1. The third-order valence-corrected chi connectivity index (χ3v) is 3.91. The summed E-state index contributed by atoms with van der Waals surface area (Å²) in [4.78, 5) is 26.3. The molecule has 1 fully saturated rings. The number of anilines is 1. The highest BCUT2D eigenvalue weighted by atomic mass is 32.2. The molecule has 116 valence electrons. The van der Waals surface area contributed by atoms with Crippen molar-refractivity contribution in [2.45, 2.75) is 31.4 Å². The van der Waals surface area contributed by atoms with Crippen LogP contribution < -0.4 is 11.4 Å². The summed E-state index contributed by atoms with van der Waals surface area (Å²) in [7, 11) is 0. The molecule has 0 aliphatic carbocycles. The molecule has 2 heterocycles. The number of hydrogen-bond acceptors (Lipinski definition) is 7. The van der Waals surface area contributed by atoms with Crippen LogP contribution in [0, 0.1) is 5.82 Å². The van der Waals surface area contributed by atoms with Crippen molar-refractivity contribution in [1.82, 2.24) is 9.55 Å². The fourth-order valence-electron chi connectivity index (χ4n) is 1.78. The molecule has 0 unspecified atom stereocenters. The molecule has 21 heavy (non-hydrogen) atoms. The SMILES string of the molecule is CCCC(=O)OC[C@H]1O[C@@H](n2cc(F)c(N)nc2=O)CS1. The average Bonchev–Trinajstić information content (AvgIpc) is 2.89. The largest absolute Gasteiger partial charge is 0.462 e. The summed E-state index contributed by atoms with van der Waals surface area (Å²) in [6.45, 7) is 1.98. The fraction of sp³-hybridized carbons (Fsp3) is 0.583. The first kappa shape index (κ1) is 15.8. The van der Waals surface area contributed by atoms with E-state index in [1.807, 2.05) is 6.92 Å². The first-order chi connectivity index (χ1) is 10.0. The minimum Gasteiger partial charge on any atom is -0.462 e. The van der Waals surface area contributed by atoms with Gasteiger partial charge in [0.15, 0.2) is 11.6 Å². The second-order valence-corrected chi connectivity index (χ2v) is 5.64. The maximum absolute atomic E-state index is 13.4. The summed E-state index contributed by atoms with van der Waals surface area (Å²) < 4.78 is 25.0. The smallest absolute Gasteiger partial charge is 0.351 e. The van der Waals surface area contributed by atoms with Crippen LogP contribution in [-0.2, 0) is 14.3 Å². The van der Waals surface area contributed by atoms with Gasteiger partial charge in [-0.15, -0.1) is 11.8 Å². The zero-order valence-electron chi connectivity index (χ0n) is 11.5. The van der Waals surface area contributed by atoms with Gasteiger partial charge in [0.25, 0.3) is 0 Å². The normalized spacial score (nSPS) is 21.4.